The first kappa shape index (κ1) is 28.1. The van der Waals surface area contributed by atoms with Gasteiger partial charge in [0.15, 0.2) is 6.04 Å². The van der Waals surface area contributed by atoms with Gasteiger partial charge in [-0.05, 0) is 64.4 Å². The van der Waals surface area contributed by atoms with Crippen molar-refractivity contribution in [3.63, 3.8) is 0 Å². The number of tetrazole rings is 1. The number of aromatic amines is 1. The van der Waals surface area contributed by atoms with Crippen molar-refractivity contribution >= 4 is 35.2 Å². The second kappa shape index (κ2) is 10.2. The zero-order valence-electron chi connectivity index (χ0n) is 20.6. The number of nitrogens with zero attached hydrogens (tertiary/aromatic N) is 4. The van der Waals surface area contributed by atoms with Crippen LogP contribution in [0.15, 0.2) is 60.7 Å². The van der Waals surface area contributed by atoms with Gasteiger partial charge in [0, 0.05) is 16.9 Å². The Labute approximate surface area is 230 Å². The van der Waals surface area contributed by atoms with Crippen LogP contribution in [0.3, 0.4) is 0 Å². The highest BCUT2D eigenvalue weighted by atomic mass is 19.4. The molecule has 0 radical (unpaired) electrons. The van der Waals surface area contributed by atoms with Crippen LogP contribution < -0.4 is 15.5 Å². The summed E-state index contributed by atoms with van der Waals surface area (Å²) in [6.07, 6.45) is -10.2. The monoisotopic (exact) mass is 591 g/mol. The largest absolute Gasteiger partial charge is 0.479 e. The number of amides is 3. The number of aliphatic carboxylic acids is 1. The molecule has 17 heteroatoms. The minimum Gasteiger partial charge on any atom is -0.479 e. The normalized spacial score (nSPS) is 15.0. The van der Waals surface area contributed by atoms with Crippen LogP contribution in [0, 0.1) is 0 Å². The number of fused-ring (bicyclic) bond motifs is 2. The summed E-state index contributed by atoms with van der Waals surface area (Å²) in [7, 11) is 0. The molecule has 0 saturated heterocycles. The number of H-pyrrole nitrogens is 1. The molecule has 3 aromatic carbocycles. The van der Waals surface area contributed by atoms with Crippen molar-refractivity contribution in [2.75, 3.05) is 15.5 Å². The van der Waals surface area contributed by atoms with E-state index in [2.05, 4.69) is 25.9 Å². The number of hydrogen-bond donors (Lipinski definition) is 4. The van der Waals surface area contributed by atoms with E-state index in [4.69, 9.17) is 0 Å². The number of benzene rings is 3. The summed E-state index contributed by atoms with van der Waals surface area (Å²) in [5, 5.41) is 27.2. The van der Waals surface area contributed by atoms with Gasteiger partial charge in [0.1, 0.15) is 0 Å². The standard InChI is InChI=1S/C25H15F6N7O4/c26-24(27,28)13-8-14(25(29,30)31)10-16(9-13)33-23(42)32-15-4-1-11(2-5-15)17-6-3-12-7-18(17)19(21(40)41)38(20(12)39)22-34-36-37-35-22/h1-10,19H,(H,40,41)(H2,32,33,42)(H,34,35,36,37). The number of nitrogens with one attached hydrogen (secondary N) is 3. The van der Waals surface area contributed by atoms with E-state index < -0.39 is 53.1 Å². The average Bonchev–Trinajstić information content (AvgIpc) is 3.44. The number of carbonyl (C=O) groups excluding carboxylic acids is 2. The lowest BCUT2D eigenvalue weighted by atomic mass is 9.88. The van der Waals surface area contributed by atoms with Crippen molar-refractivity contribution in [2.24, 2.45) is 0 Å². The Kier molecular flexibility index (Phi) is 6.79. The third-order valence-corrected chi connectivity index (χ3v) is 6.15. The van der Waals surface area contributed by atoms with Gasteiger partial charge >= 0.3 is 24.4 Å². The molecule has 42 heavy (non-hydrogen) atoms. The number of halogens is 6. The van der Waals surface area contributed by atoms with Gasteiger partial charge in [-0.1, -0.05) is 23.3 Å². The Bertz CT molecular complexity index is 1660. The van der Waals surface area contributed by atoms with Crippen LogP contribution >= 0.6 is 0 Å². The molecular weight excluding hydrogens is 576 g/mol. The molecule has 4 N–H and O–H groups in total. The second-order valence-electron chi connectivity index (χ2n) is 8.88. The third-order valence-electron chi connectivity index (χ3n) is 6.15. The van der Waals surface area contributed by atoms with E-state index in [0.29, 0.717) is 23.3 Å². The maximum absolute atomic E-state index is 13.1. The molecule has 0 spiro atoms. The molecule has 1 aliphatic heterocycles. The summed E-state index contributed by atoms with van der Waals surface area (Å²) < 4.78 is 78.6. The van der Waals surface area contributed by atoms with Gasteiger partial charge in [-0.3, -0.25) is 9.69 Å². The molecule has 3 amide bonds. The molecule has 0 fully saturated rings. The third kappa shape index (κ3) is 5.43. The maximum Gasteiger partial charge on any atom is 0.416 e. The van der Waals surface area contributed by atoms with E-state index in [-0.39, 0.29) is 28.8 Å². The number of carboxylic acid groups (broad SMARTS) is 1. The van der Waals surface area contributed by atoms with E-state index in [9.17, 15) is 45.8 Å². The number of aromatic nitrogens is 4. The number of carbonyl (C=O) groups is 3. The van der Waals surface area contributed by atoms with Crippen LogP contribution in [-0.4, -0.2) is 43.6 Å². The molecule has 1 atom stereocenters. The number of rotatable bonds is 5. The van der Waals surface area contributed by atoms with Crippen LogP contribution in [0.5, 0.6) is 0 Å². The fraction of sp³-hybridized carbons (Fsp3) is 0.120. The van der Waals surface area contributed by atoms with Crippen molar-refractivity contribution in [1.29, 1.82) is 0 Å². The lowest BCUT2D eigenvalue weighted by molar-refractivity contribution is -0.143. The SMILES string of the molecule is O=C(Nc1ccc(-c2ccc3cc2C(C(=O)O)N(c2nn[nH]n2)C3=O)cc1)Nc1cc(C(F)(F)F)cc(C(F)(F)F)c1. The van der Waals surface area contributed by atoms with Crippen molar-refractivity contribution in [3.8, 4) is 11.1 Å². The van der Waals surface area contributed by atoms with Crippen molar-refractivity contribution in [2.45, 2.75) is 18.4 Å². The number of urea groups is 1. The van der Waals surface area contributed by atoms with E-state index in [1.54, 1.807) is 0 Å². The van der Waals surface area contributed by atoms with Crippen molar-refractivity contribution in [3.05, 3.63) is 82.9 Å². The predicted octanol–water partition coefficient (Wildman–Crippen LogP) is 5.33. The average molecular weight is 591 g/mol. The summed E-state index contributed by atoms with van der Waals surface area (Å²) in [6, 6.07) is 8.21. The molecule has 11 nitrogen and oxygen atoms in total. The quantitative estimate of drug-likeness (QED) is 0.229. The molecule has 2 heterocycles. The zero-order valence-corrected chi connectivity index (χ0v) is 20.6. The molecule has 1 aromatic heterocycles. The molecule has 0 saturated carbocycles. The summed E-state index contributed by atoms with van der Waals surface area (Å²) in [6.45, 7) is 0. The van der Waals surface area contributed by atoms with E-state index in [1.165, 1.54) is 42.5 Å². The van der Waals surface area contributed by atoms with Gasteiger partial charge in [0.25, 0.3) is 11.9 Å². The number of anilines is 3. The fourth-order valence-electron chi connectivity index (χ4n) is 4.34. The Morgan fingerprint density at radius 2 is 1.43 bits per heavy atom. The first-order valence-corrected chi connectivity index (χ1v) is 11.6. The molecule has 216 valence electrons. The first-order valence-electron chi connectivity index (χ1n) is 11.6. The zero-order chi connectivity index (χ0) is 30.4. The Hall–Kier alpha value is -5.48. The lowest BCUT2D eigenvalue weighted by Crippen LogP contribution is -2.43. The number of hydrogen-bond acceptors (Lipinski definition) is 6. The Morgan fingerprint density at radius 1 is 0.833 bits per heavy atom. The molecular formula is C25H15F6N7O4. The van der Waals surface area contributed by atoms with Crippen LogP contribution in [0.2, 0.25) is 0 Å². The van der Waals surface area contributed by atoms with Gasteiger partial charge < -0.3 is 15.7 Å². The molecule has 1 aliphatic rings. The highest BCUT2D eigenvalue weighted by molar-refractivity contribution is 6.11. The van der Waals surface area contributed by atoms with Crippen LogP contribution in [-0.2, 0) is 17.1 Å². The summed E-state index contributed by atoms with van der Waals surface area (Å²) in [5.41, 5.74) is -2.52. The van der Waals surface area contributed by atoms with Crippen LogP contribution in [0.1, 0.15) is 33.1 Å². The summed E-state index contributed by atoms with van der Waals surface area (Å²) >= 11 is 0. The smallest absolute Gasteiger partial charge is 0.416 e. The Morgan fingerprint density at radius 3 is 1.98 bits per heavy atom. The molecule has 1 unspecified atom stereocenters. The minimum atomic E-state index is -5.09. The Balaban J connectivity index is 1.38. The van der Waals surface area contributed by atoms with Crippen LogP contribution in [0.25, 0.3) is 11.1 Å². The summed E-state index contributed by atoms with van der Waals surface area (Å²) in [5.74, 6) is -2.28. The van der Waals surface area contributed by atoms with Crippen molar-refractivity contribution < 1.29 is 45.8 Å². The fourth-order valence-corrected chi connectivity index (χ4v) is 4.34. The highest BCUT2D eigenvalue weighted by Crippen LogP contribution is 2.39. The van der Waals surface area contributed by atoms with E-state index in [1.807, 2.05) is 5.32 Å². The van der Waals surface area contributed by atoms with Gasteiger partial charge in [0.05, 0.1) is 11.1 Å². The summed E-state index contributed by atoms with van der Waals surface area (Å²) in [4.78, 5) is 38.3. The second-order valence-corrected chi connectivity index (χ2v) is 8.88. The topological polar surface area (TPSA) is 153 Å². The van der Waals surface area contributed by atoms with E-state index >= 15 is 0 Å². The highest BCUT2D eigenvalue weighted by Gasteiger charge is 2.41. The predicted molar refractivity (Wildman–Crippen MR) is 132 cm³/mol. The van der Waals surface area contributed by atoms with Crippen LogP contribution in [0.4, 0.5) is 48.5 Å². The maximum atomic E-state index is 13.1. The number of alkyl halides is 6. The number of carboxylic acids is 1. The van der Waals surface area contributed by atoms with Gasteiger partial charge in [-0.15, -0.1) is 5.10 Å². The van der Waals surface area contributed by atoms with E-state index in [0.717, 1.165) is 4.90 Å². The first-order chi connectivity index (χ1) is 19.7. The van der Waals surface area contributed by atoms with Crippen molar-refractivity contribution in [1.82, 2.24) is 20.6 Å². The van der Waals surface area contributed by atoms with Gasteiger partial charge in [-0.25, -0.2) is 9.59 Å². The van der Waals surface area contributed by atoms with Gasteiger partial charge in [-0.2, -0.15) is 31.6 Å². The molecule has 2 bridgehead atoms. The molecule has 4 aromatic rings. The lowest BCUT2D eigenvalue weighted by Gasteiger charge is -2.31. The molecule has 0 aliphatic carbocycles. The molecule has 5 rings (SSSR count). The van der Waals surface area contributed by atoms with Gasteiger partial charge in [0.2, 0.25) is 0 Å². The minimum absolute atomic E-state index is 0.0616.